The van der Waals surface area contributed by atoms with Gasteiger partial charge in [0.25, 0.3) is 16.0 Å². The van der Waals surface area contributed by atoms with E-state index in [2.05, 4.69) is 25.8 Å². The van der Waals surface area contributed by atoms with Crippen LogP contribution < -0.4 is 21.7 Å². The minimum Gasteiger partial charge on any atom is -0.390 e. The normalized spacial score (nSPS) is 20.6. The van der Waals surface area contributed by atoms with E-state index in [1.165, 1.54) is 6.42 Å². The van der Waals surface area contributed by atoms with E-state index >= 15 is 0 Å². The molecule has 15 heteroatoms. The molecule has 5 rings (SSSR count). The first-order chi connectivity index (χ1) is 25.4. The number of amides is 4. The molecule has 294 valence electrons. The second-order valence-corrected chi connectivity index (χ2v) is 16.9. The zero-order chi connectivity index (χ0) is 39.6. The molecule has 7 N–H and O–H groups in total. The highest BCUT2D eigenvalue weighted by Crippen LogP contribution is 2.39. The van der Waals surface area contributed by atoms with Crippen LogP contribution in [0, 0.1) is 11.8 Å². The van der Waals surface area contributed by atoms with E-state index in [0.717, 1.165) is 36.6 Å². The highest BCUT2D eigenvalue weighted by molar-refractivity contribution is 7.85. The van der Waals surface area contributed by atoms with Gasteiger partial charge < -0.3 is 26.8 Å². The number of hydrogen-bond donors (Lipinski definition) is 6. The summed E-state index contributed by atoms with van der Waals surface area (Å²) < 4.78 is 25.9. The molecule has 2 fully saturated rings. The zero-order valence-corrected chi connectivity index (χ0v) is 32.2. The van der Waals surface area contributed by atoms with Gasteiger partial charge in [-0.1, -0.05) is 73.9 Å². The van der Waals surface area contributed by atoms with Crippen molar-refractivity contribution in [3.63, 3.8) is 0 Å². The number of aliphatic hydroxyl groups is 1. The number of carbonyl (C=O) groups is 4. The fourth-order valence-corrected chi connectivity index (χ4v) is 7.26. The summed E-state index contributed by atoms with van der Waals surface area (Å²) in [4.78, 5) is 59.3. The molecule has 3 aromatic rings. The molecule has 2 aromatic carbocycles. The number of para-hydroxylation sites is 1. The Labute approximate surface area is 317 Å². The number of benzene rings is 2. The number of aliphatic hydroxyl groups excluding tert-OH is 1. The van der Waals surface area contributed by atoms with Gasteiger partial charge in [0.05, 0.1) is 36.4 Å². The summed E-state index contributed by atoms with van der Waals surface area (Å²) in [7, 11) is -3.67. The Balaban J connectivity index is 0.00000122. The van der Waals surface area contributed by atoms with Crippen LogP contribution >= 0.6 is 0 Å². The lowest BCUT2D eigenvalue weighted by molar-refractivity contribution is -0.133. The van der Waals surface area contributed by atoms with Crippen molar-refractivity contribution >= 4 is 44.6 Å². The number of hydrogen-bond acceptors (Lipinski definition) is 9. The Morgan fingerprint density at radius 1 is 0.944 bits per heavy atom. The summed E-state index contributed by atoms with van der Waals surface area (Å²) in [6.07, 6.45) is 4.75. The average molecular weight is 767 g/mol. The van der Waals surface area contributed by atoms with Gasteiger partial charge in [-0.3, -0.25) is 28.6 Å². The molecule has 1 saturated carbocycles. The van der Waals surface area contributed by atoms with Crippen molar-refractivity contribution in [2.45, 2.75) is 95.5 Å². The van der Waals surface area contributed by atoms with E-state index in [9.17, 15) is 32.7 Å². The summed E-state index contributed by atoms with van der Waals surface area (Å²) in [5.41, 5.74) is 6.70. The molecule has 2 heterocycles. The van der Waals surface area contributed by atoms with Gasteiger partial charge >= 0.3 is 0 Å². The first-order valence-corrected chi connectivity index (χ1v) is 20.2. The third kappa shape index (κ3) is 13.4. The molecule has 1 aromatic heterocycles. The van der Waals surface area contributed by atoms with Crippen molar-refractivity contribution in [3.8, 4) is 0 Å². The van der Waals surface area contributed by atoms with Crippen LogP contribution in [-0.2, 0) is 30.9 Å². The maximum Gasteiger partial charge on any atom is 0.270 e. The Hall–Kier alpha value is -4.44. The van der Waals surface area contributed by atoms with E-state index in [1.54, 1.807) is 18.2 Å². The number of nitrogens with two attached hydrogens (primary N) is 1. The number of nitrogens with one attached hydrogen (secondary N) is 3. The van der Waals surface area contributed by atoms with Gasteiger partial charge in [-0.25, -0.2) is 4.98 Å². The molecule has 0 spiro atoms. The van der Waals surface area contributed by atoms with Crippen LogP contribution in [0.1, 0.15) is 75.3 Å². The molecule has 4 amide bonds. The van der Waals surface area contributed by atoms with E-state index in [1.807, 2.05) is 69.3 Å². The Morgan fingerprint density at radius 3 is 2.22 bits per heavy atom. The van der Waals surface area contributed by atoms with Crippen LogP contribution in [-0.4, -0.2) is 101 Å². The summed E-state index contributed by atoms with van der Waals surface area (Å²) in [5, 5.41) is 21.4. The number of carbonyl (C=O) groups excluding carboxylic acids is 4. The molecule has 1 aliphatic carbocycles. The lowest BCUT2D eigenvalue weighted by atomic mass is 9.72. The number of nitrogens with zero attached hydrogens (tertiary/aromatic N) is 2. The van der Waals surface area contributed by atoms with Gasteiger partial charge in [0.2, 0.25) is 17.7 Å². The first-order valence-electron chi connectivity index (χ1n) is 18.3. The third-order valence-corrected chi connectivity index (χ3v) is 9.67. The Bertz CT molecular complexity index is 1860. The van der Waals surface area contributed by atoms with Crippen LogP contribution in [0.4, 0.5) is 0 Å². The van der Waals surface area contributed by atoms with Crippen molar-refractivity contribution in [1.82, 2.24) is 25.8 Å². The number of aromatic nitrogens is 1. The number of β-amino-alcohol motifs (C(OH)–C–C–N with tert-alkyl or cyclic N) is 1. The van der Waals surface area contributed by atoms with Gasteiger partial charge in [-0.05, 0) is 69.6 Å². The second-order valence-electron chi connectivity index (χ2n) is 15.4. The van der Waals surface area contributed by atoms with Crippen molar-refractivity contribution in [2.24, 2.45) is 17.6 Å². The molecule has 14 nitrogen and oxygen atoms in total. The predicted molar refractivity (Wildman–Crippen MR) is 206 cm³/mol. The van der Waals surface area contributed by atoms with Crippen molar-refractivity contribution < 1.29 is 37.3 Å². The number of rotatable bonds is 12. The number of piperidine rings is 1. The Morgan fingerprint density at radius 2 is 1.57 bits per heavy atom. The van der Waals surface area contributed by atoms with Gasteiger partial charge in [0.15, 0.2) is 0 Å². The quantitative estimate of drug-likeness (QED) is 0.148. The van der Waals surface area contributed by atoms with E-state index in [4.69, 9.17) is 10.3 Å². The number of pyridine rings is 1. The third-order valence-electron chi connectivity index (χ3n) is 9.67. The number of fused-ring (bicyclic) bond motifs is 2. The molecular formula is C39H54N6O8S. The highest BCUT2D eigenvalue weighted by Gasteiger charge is 2.42. The standard InChI is InChI=1S/C38H50N6O5.CH4O3S/c1-38(2,3)43-37(49)32-20-26-14-7-8-15-27(26)22-44(32)23-33(45)30(19-24-11-5-4-6-12-24)41-36(48)31(21-34(39)46)42-35(47)29-18-17-25-13-9-10-16-28(25)40-29;1-5(2,3)4/h4-6,9-13,16-18,26-27,30-33,45H,7-8,14-15,19-23H2,1-3H3,(H2,39,46)(H,41,48)(H,42,47)(H,43,49);1H3,(H,2,3,4). The minimum atomic E-state index is -3.67. The summed E-state index contributed by atoms with van der Waals surface area (Å²) in [5.74, 6) is -1.20. The fraction of sp³-hybridized carbons (Fsp3) is 0.513. The van der Waals surface area contributed by atoms with E-state index in [0.29, 0.717) is 30.2 Å². The van der Waals surface area contributed by atoms with Crippen LogP contribution in [0.3, 0.4) is 0 Å². The first kappa shape index (κ1) is 42.3. The topological polar surface area (TPSA) is 221 Å². The van der Waals surface area contributed by atoms with E-state index in [-0.39, 0.29) is 24.6 Å². The Kier molecular flexibility index (Phi) is 14.7. The van der Waals surface area contributed by atoms with Crippen LogP contribution in [0.25, 0.3) is 10.9 Å². The molecule has 6 atom stereocenters. The summed E-state index contributed by atoms with van der Waals surface area (Å²) in [6, 6.07) is 17.6. The van der Waals surface area contributed by atoms with Crippen LogP contribution in [0.2, 0.25) is 0 Å². The second kappa shape index (κ2) is 18.7. The maximum absolute atomic E-state index is 13.8. The lowest BCUT2D eigenvalue weighted by Gasteiger charge is -2.47. The minimum absolute atomic E-state index is 0.0566. The van der Waals surface area contributed by atoms with Crippen molar-refractivity contribution in [1.29, 1.82) is 0 Å². The van der Waals surface area contributed by atoms with E-state index < -0.39 is 64.0 Å². The predicted octanol–water partition coefficient (Wildman–Crippen LogP) is 2.60. The molecular weight excluding hydrogens is 713 g/mol. The van der Waals surface area contributed by atoms with Crippen molar-refractivity contribution in [3.05, 3.63) is 78.0 Å². The average Bonchev–Trinajstić information content (AvgIpc) is 3.09. The van der Waals surface area contributed by atoms with Gasteiger partial charge in [0.1, 0.15) is 11.7 Å². The molecule has 6 unspecified atom stereocenters. The van der Waals surface area contributed by atoms with Gasteiger partial charge in [-0.15, -0.1) is 0 Å². The molecule has 54 heavy (non-hydrogen) atoms. The van der Waals surface area contributed by atoms with Crippen LogP contribution in [0.15, 0.2) is 66.7 Å². The van der Waals surface area contributed by atoms with Crippen molar-refractivity contribution in [2.75, 3.05) is 19.3 Å². The highest BCUT2D eigenvalue weighted by atomic mass is 32.2. The molecule has 2 aliphatic rings. The lowest BCUT2D eigenvalue weighted by Crippen LogP contribution is -2.61. The van der Waals surface area contributed by atoms with Crippen LogP contribution in [0.5, 0.6) is 0 Å². The fourth-order valence-electron chi connectivity index (χ4n) is 7.26. The zero-order valence-electron chi connectivity index (χ0n) is 31.4. The SMILES string of the molecule is CC(C)(C)NC(=O)C1CC2CCCCC2CN1CC(O)C(Cc1ccccc1)NC(=O)C(CC(N)=O)NC(=O)c1ccc2ccccc2n1.CS(=O)(=O)O. The monoisotopic (exact) mass is 766 g/mol. The maximum atomic E-state index is 13.8. The largest absolute Gasteiger partial charge is 0.390 e. The molecule has 0 bridgehead atoms. The van der Waals surface area contributed by atoms with Gasteiger partial charge in [-0.2, -0.15) is 8.42 Å². The van der Waals surface area contributed by atoms with Gasteiger partial charge in [0, 0.05) is 24.0 Å². The summed E-state index contributed by atoms with van der Waals surface area (Å²) in [6.45, 7) is 6.73. The number of likely N-dealkylation sites (tertiary alicyclic amines) is 1. The molecule has 0 radical (unpaired) electrons. The summed E-state index contributed by atoms with van der Waals surface area (Å²) >= 11 is 0. The molecule has 1 saturated heterocycles. The smallest absolute Gasteiger partial charge is 0.270 e. The molecule has 1 aliphatic heterocycles. The number of primary amides is 1.